The summed E-state index contributed by atoms with van der Waals surface area (Å²) in [5.41, 5.74) is 0. The molecule has 2 amide bonds. The van der Waals surface area contributed by atoms with Gasteiger partial charge in [0.1, 0.15) is 6.04 Å². The molecule has 1 N–H and O–H groups in total. The van der Waals surface area contributed by atoms with E-state index < -0.39 is 6.04 Å². The Balaban J connectivity index is 2.17. The standard InChI is InChI=1S/C11H20N2O4/c1-9-11(15)13(8-10(14)12-9)4-3-5-17-7-6-16-2/h9H,3-8H2,1-2H3,(H,12,14). The molecule has 1 atom stereocenters. The van der Waals surface area contributed by atoms with Crippen LogP contribution in [0.5, 0.6) is 0 Å². The third-order valence-corrected chi connectivity index (χ3v) is 2.54. The second-order valence-electron chi connectivity index (χ2n) is 4.01. The highest BCUT2D eigenvalue weighted by atomic mass is 16.5. The molecule has 6 heteroatoms. The van der Waals surface area contributed by atoms with Gasteiger partial charge >= 0.3 is 0 Å². The highest BCUT2D eigenvalue weighted by Crippen LogP contribution is 2.03. The largest absolute Gasteiger partial charge is 0.382 e. The zero-order valence-electron chi connectivity index (χ0n) is 10.4. The third kappa shape index (κ3) is 4.70. The van der Waals surface area contributed by atoms with Gasteiger partial charge in [-0.25, -0.2) is 0 Å². The van der Waals surface area contributed by atoms with Gasteiger partial charge in [0.25, 0.3) is 0 Å². The Labute approximate surface area is 101 Å². The number of ether oxygens (including phenoxy) is 2. The van der Waals surface area contributed by atoms with Crippen molar-refractivity contribution in [3.8, 4) is 0 Å². The number of hydrogen-bond donors (Lipinski definition) is 1. The molecule has 0 aliphatic carbocycles. The Morgan fingerprint density at radius 2 is 2.12 bits per heavy atom. The monoisotopic (exact) mass is 244 g/mol. The molecule has 1 rings (SSSR count). The van der Waals surface area contributed by atoms with Gasteiger partial charge in [0.2, 0.25) is 11.8 Å². The number of methoxy groups -OCH3 is 1. The second-order valence-corrected chi connectivity index (χ2v) is 4.01. The van der Waals surface area contributed by atoms with Crippen LogP contribution in [0.2, 0.25) is 0 Å². The van der Waals surface area contributed by atoms with Crippen LogP contribution in [0.4, 0.5) is 0 Å². The van der Waals surface area contributed by atoms with Crippen molar-refractivity contribution in [2.75, 3.05) is 40.0 Å². The van der Waals surface area contributed by atoms with Gasteiger partial charge < -0.3 is 19.7 Å². The minimum atomic E-state index is -0.411. The molecule has 1 aliphatic rings. The van der Waals surface area contributed by atoms with Crippen molar-refractivity contribution >= 4 is 11.8 Å². The predicted molar refractivity (Wildman–Crippen MR) is 61.5 cm³/mol. The number of carbonyl (C=O) groups is 2. The van der Waals surface area contributed by atoms with E-state index in [1.165, 1.54) is 0 Å². The summed E-state index contributed by atoms with van der Waals surface area (Å²) in [5.74, 6) is -0.126. The first-order valence-electron chi connectivity index (χ1n) is 5.80. The van der Waals surface area contributed by atoms with Gasteiger partial charge in [0.15, 0.2) is 0 Å². The van der Waals surface area contributed by atoms with Crippen LogP contribution in [-0.2, 0) is 19.1 Å². The number of hydrogen-bond acceptors (Lipinski definition) is 4. The van der Waals surface area contributed by atoms with E-state index in [9.17, 15) is 9.59 Å². The summed E-state index contributed by atoms with van der Waals surface area (Å²) in [4.78, 5) is 24.5. The van der Waals surface area contributed by atoms with Crippen molar-refractivity contribution in [3.63, 3.8) is 0 Å². The number of amides is 2. The van der Waals surface area contributed by atoms with Gasteiger partial charge in [-0.2, -0.15) is 0 Å². The molecule has 1 fully saturated rings. The van der Waals surface area contributed by atoms with E-state index >= 15 is 0 Å². The van der Waals surface area contributed by atoms with E-state index in [0.717, 1.165) is 6.42 Å². The predicted octanol–water partition coefficient (Wildman–Crippen LogP) is -0.614. The maximum atomic E-state index is 11.7. The SMILES string of the molecule is COCCOCCCN1CC(=O)NC(C)C1=O. The Kier molecular flexibility index (Phi) is 5.93. The van der Waals surface area contributed by atoms with Crippen LogP contribution < -0.4 is 5.32 Å². The van der Waals surface area contributed by atoms with Gasteiger partial charge in [-0.3, -0.25) is 9.59 Å². The van der Waals surface area contributed by atoms with E-state index in [0.29, 0.717) is 26.4 Å². The Morgan fingerprint density at radius 3 is 2.82 bits per heavy atom. The minimum absolute atomic E-state index is 0.0264. The van der Waals surface area contributed by atoms with Crippen LogP contribution in [0.3, 0.4) is 0 Å². The fourth-order valence-corrected chi connectivity index (χ4v) is 1.67. The van der Waals surface area contributed by atoms with Crippen LogP contribution in [0.25, 0.3) is 0 Å². The molecule has 1 heterocycles. The molecule has 0 aromatic heterocycles. The molecule has 98 valence electrons. The summed E-state index contributed by atoms with van der Waals surface area (Å²) in [6.07, 6.45) is 0.732. The number of nitrogens with one attached hydrogen (secondary N) is 1. The Hall–Kier alpha value is -1.14. The lowest BCUT2D eigenvalue weighted by atomic mass is 10.2. The molecular formula is C11H20N2O4. The lowest BCUT2D eigenvalue weighted by Crippen LogP contribution is -2.56. The molecule has 0 spiro atoms. The molecule has 6 nitrogen and oxygen atoms in total. The number of rotatable bonds is 7. The molecule has 0 saturated carbocycles. The van der Waals surface area contributed by atoms with Gasteiger partial charge in [-0.15, -0.1) is 0 Å². The fraction of sp³-hybridized carbons (Fsp3) is 0.818. The molecule has 17 heavy (non-hydrogen) atoms. The zero-order valence-corrected chi connectivity index (χ0v) is 10.4. The zero-order chi connectivity index (χ0) is 12.7. The number of carbonyl (C=O) groups excluding carboxylic acids is 2. The maximum absolute atomic E-state index is 11.7. The smallest absolute Gasteiger partial charge is 0.245 e. The van der Waals surface area contributed by atoms with Crippen LogP contribution in [-0.4, -0.2) is 62.8 Å². The maximum Gasteiger partial charge on any atom is 0.245 e. The first-order chi connectivity index (χ1) is 8.15. The summed E-state index contributed by atoms with van der Waals surface area (Å²) in [5, 5.41) is 2.60. The quantitative estimate of drug-likeness (QED) is 0.606. The van der Waals surface area contributed by atoms with Crippen molar-refractivity contribution in [2.24, 2.45) is 0 Å². The molecule has 0 aromatic rings. The van der Waals surface area contributed by atoms with Crippen molar-refractivity contribution in [1.82, 2.24) is 10.2 Å². The molecule has 0 bridgehead atoms. The molecule has 0 aromatic carbocycles. The average Bonchev–Trinajstić information content (AvgIpc) is 2.29. The highest BCUT2D eigenvalue weighted by Gasteiger charge is 2.28. The summed E-state index contributed by atoms with van der Waals surface area (Å²) >= 11 is 0. The van der Waals surface area contributed by atoms with Gasteiger partial charge in [0, 0.05) is 20.3 Å². The fourth-order valence-electron chi connectivity index (χ4n) is 1.67. The van der Waals surface area contributed by atoms with E-state index in [-0.39, 0.29) is 18.4 Å². The normalized spacial score (nSPS) is 20.6. The van der Waals surface area contributed by atoms with E-state index in [2.05, 4.69) is 5.32 Å². The first-order valence-corrected chi connectivity index (χ1v) is 5.80. The lowest BCUT2D eigenvalue weighted by molar-refractivity contribution is -0.143. The summed E-state index contributed by atoms with van der Waals surface area (Å²) in [6.45, 7) is 4.11. The Morgan fingerprint density at radius 1 is 1.35 bits per heavy atom. The summed E-state index contributed by atoms with van der Waals surface area (Å²) in [7, 11) is 1.62. The van der Waals surface area contributed by atoms with Crippen LogP contribution in [0, 0.1) is 0 Å². The topological polar surface area (TPSA) is 67.9 Å². The van der Waals surface area contributed by atoms with E-state index in [1.54, 1.807) is 18.9 Å². The van der Waals surface area contributed by atoms with Gasteiger partial charge in [-0.05, 0) is 13.3 Å². The second kappa shape index (κ2) is 7.24. The third-order valence-electron chi connectivity index (χ3n) is 2.54. The van der Waals surface area contributed by atoms with E-state index in [4.69, 9.17) is 9.47 Å². The van der Waals surface area contributed by atoms with Gasteiger partial charge in [-0.1, -0.05) is 0 Å². The lowest BCUT2D eigenvalue weighted by Gasteiger charge is -2.30. The summed E-state index contributed by atoms with van der Waals surface area (Å²) in [6, 6.07) is -0.411. The first kappa shape index (κ1) is 13.9. The van der Waals surface area contributed by atoms with Crippen molar-refractivity contribution in [3.05, 3.63) is 0 Å². The van der Waals surface area contributed by atoms with Gasteiger partial charge in [0.05, 0.1) is 19.8 Å². The molecule has 1 aliphatic heterocycles. The van der Waals surface area contributed by atoms with Crippen LogP contribution in [0.15, 0.2) is 0 Å². The number of piperazine rings is 1. The van der Waals surface area contributed by atoms with Crippen molar-refractivity contribution < 1.29 is 19.1 Å². The highest BCUT2D eigenvalue weighted by molar-refractivity contribution is 5.94. The van der Waals surface area contributed by atoms with Crippen LogP contribution >= 0.6 is 0 Å². The minimum Gasteiger partial charge on any atom is -0.382 e. The molecule has 1 unspecified atom stereocenters. The molecule has 1 saturated heterocycles. The summed E-state index contributed by atoms with van der Waals surface area (Å²) < 4.78 is 10.1. The molecular weight excluding hydrogens is 224 g/mol. The Bertz CT molecular complexity index is 270. The average molecular weight is 244 g/mol. The van der Waals surface area contributed by atoms with Crippen molar-refractivity contribution in [2.45, 2.75) is 19.4 Å². The van der Waals surface area contributed by atoms with Crippen molar-refractivity contribution in [1.29, 1.82) is 0 Å². The van der Waals surface area contributed by atoms with Crippen LogP contribution in [0.1, 0.15) is 13.3 Å². The van der Waals surface area contributed by atoms with E-state index in [1.807, 2.05) is 0 Å². The number of nitrogens with zero attached hydrogens (tertiary/aromatic N) is 1. The molecule has 0 radical (unpaired) electrons.